The van der Waals surface area contributed by atoms with Crippen LogP contribution in [0.1, 0.15) is 13.3 Å². The minimum absolute atomic E-state index is 0.257. The minimum Gasteiger partial charge on any atom is -0.350 e. The van der Waals surface area contributed by atoms with Gasteiger partial charge in [-0.1, -0.05) is 6.92 Å². The van der Waals surface area contributed by atoms with Crippen molar-refractivity contribution in [3.8, 4) is 0 Å². The zero-order valence-corrected chi connectivity index (χ0v) is 7.69. The van der Waals surface area contributed by atoms with E-state index in [2.05, 4.69) is 5.10 Å². The third-order valence-corrected chi connectivity index (χ3v) is 2.06. The molecule has 76 valence electrons. The summed E-state index contributed by atoms with van der Waals surface area (Å²) in [7, 11) is 0. The van der Waals surface area contributed by atoms with Crippen LogP contribution in [0.2, 0.25) is 0 Å². The van der Waals surface area contributed by atoms with Crippen molar-refractivity contribution in [3.05, 3.63) is 0 Å². The Hall–Kier alpha value is -1.72. The van der Waals surface area contributed by atoms with Gasteiger partial charge < -0.3 is 5.73 Å². The van der Waals surface area contributed by atoms with Crippen LogP contribution in [0, 0.1) is 11.8 Å². The van der Waals surface area contributed by atoms with Crippen molar-refractivity contribution in [1.29, 1.82) is 0 Å². The molecule has 2 atom stereocenters. The highest BCUT2D eigenvalue weighted by atomic mass is 16.2. The Kier molecular flexibility index (Phi) is 2.95. The number of hydrogen-bond donors (Lipinski definition) is 2. The summed E-state index contributed by atoms with van der Waals surface area (Å²) in [4.78, 5) is 32.5. The highest BCUT2D eigenvalue weighted by Gasteiger charge is 2.37. The first-order chi connectivity index (χ1) is 6.52. The summed E-state index contributed by atoms with van der Waals surface area (Å²) in [5.41, 5.74) is 6.72. The number of hydrazone groups is 1. The van der Waals surface area contributed by atoms with Crippen molar-refractivity contribution in [2.75, 3.05) is 0 Å². The maximum Gasteiger partial charge on any atom is 0.332 e. The van der Waals surface area contributed by atoms with Crippen molar-refractivity contribution in [2.24, 2.45) is 22.7 Å². The first-order valence-electron chi connectivity index (χ1n) is 4.19. The van der Waals surface area contributed by atoms with Crippen LogP contribution >= 0.6 is 0 Å². The van der Waals surface area contributed by atoms with Gasteiger partial charge in [0, 0.05) is 12.1 Å². The maximum atomic E-state index is 11.2. The van der Waals surface area contributed by atoms with Crippen molar-refractivity contribution in [1.82, 2.24) is 5.43 Å². The molecule has 6 heteroatoms. The van der Waals surface area contributed by atoms with Crippen LogP contribution in [0.25, 0.3) is 0 Å². The molecule has 0 unspecified atom stereocenters. The number of amides is 2. The van der Waals surface area contributed by atoms with Gasteiger partial charge in [-0.2, -0.15) is 5.10 Å². The summed E-state index contributed by atoms with van der Waals surface area (Å²) in [6.45, 7) is 1.69. The van der Waals surface area contributed by atoms with Gasteiger partial charge in [0.15, 0.2) is 0 Å². The Bertz CT molecular complexity index is 311. The monoisotopic (exact) mass is 197 g/mol. The summed E-state index contributed by atoms with van der Waals surface area (Å²) in [5, 5.41) is 3.45. The molecule has 2 amide bonds. The molecule has 0 bridgehead atoms. The molecular weight excluding hydrogens is 186 g/mol. The van der Waals surface area contributed by atoms with Gasteiger partial charge in [-0.25, -0.2) is 10.2 Å². The smallest absolute Gasteiger partial charge is 0.332 e. The number of primary amides is 1. The Labute approximate surface area is 80.5 Å². The summed E-state index contributed by atoms with van der Waals surface area (Å²) in [5.74, 6) is -1.61. The fraction of sp³-hybridized carbons (Fsp3) is 0.500. The molecule has 0 aliphatic heterocycles. The van der Waals surface area contributed by atoms with Crippen molar-refractivity contribution < 1.29 is 14.4 Å². The van der Waals surface area contributed by atoms with Gasteiger partial charge >= 0.3 is 6.03 Å². The van der Waals surface area contributed by atoms with Crippen molar-refractivity contribution in [3.63, 3.8) is 0 Å². The highest BCUT2D eigenvalue weighted by molar-refractivity contribution is 6.43. The molecule has 0 aromatic heterocycles. The summed E-state index contributed by atoms with van der Waals surface area (Å²) < 4.78 is 0. The third-order valence-electron chi connectivity index (χ3n) is 2.06. The normalized spacial score (nSPS) is 27.2. The molecule has 0 aromatic rings. The van der Waals surface area contributed by atoms with Gasteiger partial charge in [-0.05, 0) is 6.42 Å². The van der Waals surface area contributed by atoms with E-state index in [0.29, 0.717) is 6.42 Å². The molecule has 0 spiro atoms. The molecule has 1 aliphatic carbocycles. The molecule has 0 heterocycles. The second kappa shape index (κ2) is 3.99. The number of rotatable bonds is 2. The van der Waals surface area contributed by atoms with Gasteiger partial charge in [0.25, 0.3) is 0 Å². The fourth-order valence-corrected chi connectivity index (χ4v) is 1.34. The molecule has 3 N–H and O–H groups in total. The van der Waals surface area contributed by atoms with E-state index in [1.807, 2.05) is 5.43 Å². The topological polar surface area (TPSA) is 102 Å². The lowest BCUT2D eigenvalue weighted by Crippen LogP contribution is -2.25. The van der Waals surface area contributed by atoms with Gasteiger partial charge in [0.2, 0.25) is 11.6 Å². The number of carbonyl (C=O) groups is 3. The van der Waals surface area contributed by atoms with Crippen LogP contribution in [0.3, 0.4) is 0 Å². The second-order valence-corrected chi connectivity index (χ2v) is 3.23. The molecule has 1 fully saturated rings. The number of Topliss-reactive ketones (excluding diaryl/α,β-unsaturated/α-hetero) is 2. The number of nitrogens with one attached hydrogen (secondary N) is 1. The number of nitrogens with two attached hydrogens (primary N) is 1. The lowest BCUT2D eigenvalue weighted by Gasteiger charge is -1.97. The number of urea groups is 1. The van der Waals surface area contributed by atoms with Crippen LogP contribution in [-0.4, -0.2) is 23.8 Å². The number of nitrogens with zero attached hydrogens (tertiary/aromatic N) is 1. The highest BCUT2D eigenvalue weighted by Crippen LogP contribution is 2.22. The SMILES string of the molecule is C[C@@H]1C[C@@H](/C=N\NC(N)=O)C(=O)C1=O. The Morgan fingerprint density at radius 2 is 2.21 bits per heavy atom. The molecule has 0 saturated heterocycles. The second-order valence-electron chi connectivity index (χ2n) is 3.23. The standard InChI is InChI=1S/C8H11N3O3/c1-4-2-5(7(13)6(4)12)3-10-11-8(9)14/h3-5H,2H2,1H3,(H3,9,11,14)/b10-3-/t4-,5+/m1/s1. The van der Waals surface area contributed by atoms with E-state index in [1.165, 1.54) is 6.21 Å². The Balaban J connectivity index is 2.55. The zero-order valence-electron chi connectivity index (χ0n) is 7.69. The van der Waals surface area contributed by atoms with Crippen LogP contribution in [-0.2, 0) is 9.59 Å². The van der Waals surface area contributed by atoms with Crippen LogP contribution in [0.4, 0.5) is 4.79 Å². The lowest BCUT2D eigenvalue weighted by atomic mass is 10.1. The predicted molar refractivity (Wildman–Crippen MR) is 48.5 cm³/mol. The first-order valence-corrected chi connectivity index (χ1v) is 4.19. The van der Waals surface area contributed by atoms with E-state index in [0.717, 1.165) is 0 Å². The molecule has 0 aromatic carbocycles. The van der Waals surface area contributed by atoms with E-state index < -0.39 is 17.7 Å². The van der Waals surface area contributed by atoms with Crippen molar-refractivity contribution in [2.45, 2.75) is 13.3 Å². The summed E-state index contributed by atoms with van der Waals surface area (Å²) in [6.07, 6.45) is 1.69. The number of carbonyl (C=O) groups excluding carboxylic acids is 3. The van der Waals surface area contributed by atoms with E-state index in [-0.39, 0.29) is 11.7 Å². The summed E-state index contributed by atoms with van der Waals surface area (Å²) in [6, 6.07) is -0.800. The maximum absolute atomic E-state index is 11.2. The Morgan fingerprint density at radius 3 is 2.64 bits per heavy atom. The van der Waals surface area contributed by atoms with Crippen LogP contribution < -0.4 is 11.2 Å². The molecular formula is C8H11N3O3. The van der Waals surface area contributed by atoms with Crippen LogP contribution in [0.15, 0.2) is 5.10 Å². The molecule has 1 rings (SSSR count). The Morgan fingerprint density at radius 1 is 1.57 bits per heavy atom. The first kappa shape index (κ1) is 10.4. The quantitative estimate of drug-likeness (QED) is 0.352. The molecule has 1 aliphatic rings. The fourth-order valence-electron chi connectivity index (χ4n) is 1.34. The van der Waals surface area contributed by atoms with E-state index in [9.17, 15) is 14.4 Å². The average molecular weight is 197 g/mol. The predicted octanol–water partition coefficient (Wildman–Crippen LogP) is -0.565. The van der Waals surface area contributed by atoms with Crippen molar-refractivity contribution >= 4 is 23.8 Å². The number of ketones is 2. The minimum atomic E-state index is -0.800. The molecule has 1 saturated carbocycles. The van der Waals surface area contributed by atoms with Crippen LogP contribution in [0.5, 0.6) is 0 Å². The molecule has 6 nitrogen and oxygen atoms in total. The zero-order chi connectivity index (χ0) is 10.7. The van der Waals surface area contributed by atoms with Gasteiger partial charge in [-0.3, -0.25) is 9.59 Å². The van der Waals surface area contributed by atoms with E-state index in [4.69, 9.17) is 5.73 Å². The van der Waals surface area contributed by atoms with Gasteiger partial charge in [-0.15, -0.1) is 0 Å². The van der Waals surface area contributed by atoms with E-state index in [1.54, 1.807) is 6.92 Å². The number of hydrogen-bond acceptors (Lipinski definition) is 4. The molecule has 0 radical (unpaired) electrons. The lowest BCUT2D eigenvalue weighted by molar-refractivity contribution is -0.136. The van der Waals surface area contributed by atoms with E-state index >= 15 is 0 Å². The summed E-state index contributed by atoms with van der Waals surface area (Å²) >= 11 is 0. The molecule has 14 heavy (non-hydrogen) atoms. The average Bonchev–Trinajstić information content (AvgIpc) is 2.33. The van der Waals surface area contributed by atoms with Gasteiger partial charge in [0.05, 0.1) is 5.92 Å². The largest absolute Gasteiger partial charge is 0.350 e. The van der Waals surface area contributed by atoms with Gasteiger partial charge in [0.1, 0.15) is 0 Å². The third kappa shape index (κ3) is 2.15.